The number of carboxylic acid groups (broad SMARTS) is 1. The summed E-state index contributed by atoms with van der Waals surface area (Å²) in [5.41, 5.74) is 2.02. The summed E-state index contributed by atoms with van der Waals surface area (Å²) in [6, 6.07) is 7.39. The van der Waals surface area contributed by atoms with E-state index in [1.165, 1.54) is 6.92 Å². The maximum atomic E-state index is 12.9. The molecular formula is C20H28N2O4. The van der Waals surface area contributed by atoms with Crippen LogP contribution in [-0.4, -0.2) is 40.4 Å². The van der Waals surface area contributed by atoms with Crippen LogP contribution in [-0.2, 0) is 14.4 Å². The number of nitrogens with zero attached hydrogens (tertiary/aromatic N) is 1. The third kappa shape index (κ3) is 5.86. The molecule has 1 heterocycles. The zero-order valence-electron chi connectivity index (χ0n) is 15.5. The van der Waals surface area contributed by atoms with Gasteiger partial charge in [0.15, 0.2) is 0 Å². The lowest BCUT2D eigenvalue weighted by Crippen LogP contribution is -2.45. The Hall–Kier alpha value is -2.37. The zero-order chi connectivity index (χ0) is 19.1. The summed E-state index contributed by atoms with van der Waals surface area (Å²) in [6.45, 7) is 4.09. The number of piperidine rings is 1. The summed E-state index contributed by atoms with van der Waals surface area (Å²) in [6.07, 6.45) is 3.53. The first-order valence-corrected chi connectivity index (χ1v) is 9.21. The van der Waals surface area contributed by atoms with Crippen molar-refractivity contribution < 1.29 is 19.5 Å². The summed E-state index contributed by atoms with van der Waals surface area (Å²) < 4.78 is 0. The highest BCUT2D eigenvalue weighted by atomic mass is 16.4. The van der Waals surface area contributed by atoms with Gasteiger partial charge in [-0.3, -0.25) is 14.4 Å². The van der Waals surface area contributed by atoms with Crippen LogP contribution >= 0.6 is 0 Å². The van der Waals surface area contributed by atoms with Crippen LogP contribution in [0.5, 0.6) is 0 Å². The van der Waals surface area contributed by atoms with Crippen LogP contribution in [0, 0.1) is 6.92 Å². The van der Waals surface area contributed by atoms with Crippen LogP contribution in [0.15, 0.2) is 24.3 Å². The molecule has 1 aromatic rings. The molecule has 0 aromatic heterocycles. The first kappa shape index (κ1) is 19.9. The Morgan fingerprint density at radius 2 is 1.92 bits per heavy atom. The average Bonchev–Trinajstić information content (AvgIpc) is 2.60. The Kier molecular flexibility index (Phi) is 7.18. The lowest BCUT2D eigenvalue weighted by Gasteiger charge is -2.36. The standard InChI is InChI=1S/C20H28N2O4/c1-14-6-8-16(9-7-14)18(21-15(2)23)13-19(24)22-12-4-3-5-17(22)10-11-20(25)26/h6-9,17-18H,3-5,10-13H2,1-2H3,(H,21,23)(H,25,26). The monoisotopic (exact) mass is 360 g/mol. The molecule has 6 nitrogen and oxygen atoms in total. The van der Waals surface area contributed by atoms with E-state index >= 15 is 0 Å². The number of nitrogens with one attached hydrogen (secondary N) is 1. The smallest absolute Gasteiger partial charge is 0.303 e. The molecule has 2 unspecified atom stereocenters. The van der Waals surface area contributed by atoms with E-state index in [-0.39, 0.29) is 36.7 Å². The molecule has 142 valence electrons. The van der Waals surface area contributed by atoms with Gasteiger partial charge >= 0.3 is 5.97 Å². The summed E-state index contributed by atoms with van der Waals surface area (Å²) >= 11 is 0. The van der Waals surface area contributed by atoms with Gasteiger partial charge in [0.1, 0.15) is 0 Å². The number of aliphatic carboxylic acids is 1. The molecule has 2 amide bonds. The van der Waals surface area contributed by atoms with Crippen LogP contribution in [0.1, 0.15) is 62.6 Å². The second-order valence-corrected chi connectivity index (χ2v) is 7.04. The van der Waals surface area contributed by atoms with Gasteiger partial charge in [-0.25, -0.2) is 0 Å². The fourth-order valence-corrected chi connectivity index (χ4v) is 3.51. The van der Waals surface area contributed by atoms with Crippen LogP contribution in [0.2, 0.25) is 0 Å². The van der Waals surface area contributed by atoms with Crippen LogP contribution < -0.4 is 5.32 Å². The molecule has 2 N–H and O–H groups in total. The number of hydrogen-bond acceptors (Lipinski definition) is 3. The molecule has 6 heteroatoms. The Morgan fingerprint density at radius 3 is 2.54 bits per heavy atom. The SMILES string of the molecule is CC(=O)NC(CC(=O)N1CCCCC1CCC(=O)O)c1ccc(C)cc1. The second-order valence-electron chi connectivity index (χ2n) is 7.04. The zero-order valence-corrected chi connectivity index (χ0v) is 15.5. The molecule has 1 saturated heterocycles. The van der Waals surface area contributed by atoms with Crippen molar-refractivity contribution in [2.24, 2.45) is 0 Å². The average molecular weight is 360 g/mol. The number of hydrogen-bond donors (Lipinski definition) is 2. The molecule has 26 heavy (non-hydrogen) atoms. The number of aryl methyl sites for hydroxylation is 1. The van der Waals surface area contributed by atoms with Crippen molar-refractivity contribution in [1.82, 2.24) is 10.2 Å². The molecule has 0 spiro atoms. The number of carbonyl (C=O) groups excluding carboxylic acids is 2. The molecule has 2 rings (SSSR count). The lowest BCUT2D eigenvalue weighted by molar-refractivity contribution is -0.140. The van der Waals surface area contributed by atoms with Gasteiger partial charge in [0.05, 0.1) is 12.5 Å². The van der Waals surface area contributed by atoms with Crippen molar-refractivity contribution in [3.8, 4) is 0 Å². The number of rotatable bonds is 7. The van der Waals surface area contributed by atoms with Crippen molar-refractivity contribution in [2.45, 2.75) is 64.5 Å². The molecule has 0 radical (unpaired) electrons. The largest absolute Gasteiger partial charge is 0.481 e. The fraction of sp³-hybridized carbons (Fsp3) is 0.550. The van der Waals surface area contributed by atoms with E-state index in [1.54, 1.807) is 0 Å². The Morgan fingerprint density at radius 1 is 1.23 bits per heavy atom. The van der Waals surface area contributed by atoms with Gasteiger partial charge < -0.3 is 15.3 Å². The van der Waals surface area contributed by atoms with E-state index in [0.717, 1.165) is 30.4 Å². The highest BCUT2D eigenvalue weighted by Crippen LogP contribution is 2.25. The van der Waals surface area contributed by atoms with Crippen LogP contribution in [0.25, 0.3) is 0 Å². The first-order chi connectivity index (χ1) is 12.4. The van der Waals surface area contributed by atoms with Crippen LogP contribution in [0.3, 0.4) is 0 Å². The molecule has 0 saturated carbocycles. The van der Waals surface area contributed by atoms with E-state index in [0.29, 0.717) is 13.0 Å². The van der Waals surface area contributed by atoms with E-state index < -0.39 is 5.97 Å². The molecule has 0 bridgehead atoms. The summed E-state index contributed by atoms with van der Waals surface area (Å²) in [4.78, 5) is 37.2. The molecular weight excluding hydrogens is 332 g/mol. The first-order valence-electron chi connectivity index (χ1n) is 9.21. The minimum atomic E-state index is -0.834. The Labute approximate surface area is 154 Å². The number of amides is 2. The van der Waals surface area contributed by atoms with E-state index in [2.05, 4.69) is 5.32 Å². The van der Waals surface area contributed by atoms with Crippen molar-refractivity contribution in [3.05, 3.63) is 35.4 Å². The van der Waals surface area contributed by atoms with Crippen molar-refractivity contribution in [1.29, 1.82) is 0 Å². The highest BCUT2D eigenvalue weighted by molar-refractivity contribution is 5.79. The Bertz CT molecular complexity index is 642. The summed E-state index contributed by atoms with van der Waals surface area (Å²) in [7, 11) is 0. The predicted octanol–water partition coefficient (Wildman–Crippen LogP) is 2.81. The van der Waals surface area contributed by atoms with Gasteiger partial charge in [-0.05, 0) is 38.2 Å². The maximum absolute atomic E-state index is 12.9. The molecule has 2 atom stereocenters. The van der Waals surface area contributed by atoms with E-state index in [9.17, 15) is 14.4 Å². The van der Waals surface area contributed by atoms with E-state index in [1.807, 2.05) is 36.1 Å². The number of benzene rings is 1. The number of likely N-dealkylation sites (tertiary alicyclic amines) is 1. The van der Waals surface area contributed by atoms with Gasteiger partial charge in [0.2, 0.25) is 11.8 Å². The molecule has 0 aliphatic carbocycles. The lowest BCUT2D eigenvalue weighted by atomic mass is 9.95. The molecule has 1 fully saturated rings. The fourth-order valence-electron chi connectivity index (χ4n) is 3.51. The van der Waals surface area contributed by atoms with E-state index in [4.69, 9.17) is 5.11 Å². The van der Waals surface area contributed by atoms with Crippen molar-refractivity contribution in [2.75, 3.05) is 6.54 Å². The van der Waals surface area contributed by atoms with Gasteiger partial charge in [0, 0.05) is 25.9 Å². The van der Waals surface area contributed by atoms with Gasteiger partial charge in [-0.1, -0.05) is 29.8 Å². The quantitative estimate of drug-likeness (QED) is 0.783. The molecule has 1 aromatic carbocycles. The van der Waals surface area contributed by atoms with Crippen molar-refractivity contribution >= 4 is 17.8 Å². The van der Waals surface area contributed by atoms with Crippen molar-refractivity contribution in [3.63, 3.8) is 0 Å². The normalized spacial score (nSPS) is 18.2. The molecule has 1 aliphatic rings. The second kappa shape index (κ2) is 9.36. The van der Waals surface area contributed by atoms with Gasteiger partial charge in [0.25, 0.3) is 0 Å². The summed E-state index contributed by atoms with van der Waals surface area (Å²) in [5, 5.41) is 11.8. The predicted molar refractivity (Wildman–Crippen MR) is 98.6 cm³/mol. The van der Waals surface area contributed by atoms with Crippen LogP contribution in [0.4, 0.5) is 0 Å². The minimum absolute atomic E-state index is 0.0247. The number of carbonyl (C=O) groups is 3. The third-order valence-corrected chi connectivity index (χ3v) is 4.87. The third-order valence-electron chi connectivity index (χ3n) is 4.87. The van der Waals surface area contributed by atoms with Gasteiger partial charge in [-0.2, -0.15) is 0 Å². The Balaban J connectivity index is 2.09. The maximum Gasteiger partial charge on any atom is 0.303 e. The number of carboxylic acids is 1. The summed E-state index contributed by atoms with van der Waals surface area (Å²) in [5.74, 6) is -1.04. The topological polar surface area (TPSA) is 86.7 Å². The van der Waals surface area contributed by atoms with Gasteiger partial charge in [-0.15, -0.1) is 0 Å². The molecule has 1 aliphatic heterocycles. The highest BCUT2D eigenvalue weighted by Gasteiger charge is 2.29. The minimum Gasteiger partial charge on any atom is -0.481 e.